The van der Waals surface area contributed by atoms with Gasteiger partial charge >= 0.3 is 0 Å². The molecule has 35 heavy (non-hydrogen) atoms. The van der Waals surface area contributed by atoms with Crippen molar-refractivity contribution < 1.29 is 23.8 Å². The molecule has 176 valence electrons. The minimum absolute atomic E-state index is 0.0165. The molecule has 0 fully saturated rings. The van der Waals surface area contributed by atoms with Gasteiger partial charge in [0, 0.05) is 16.1 Å². The van der Waals surface area contributed by atoms with Crippen molar-refractivity contribution in [3.63, 3.8) is 0 Å². The number of nitrogens with zero attached hydrogens (tertiary/aromatic N) is 1. The third-order valence-electron chi connectivity index (χ3n) is 5.94. The van der Waals surface area contributed by atoms with Crippen LogP contribution in [0.1, 0.15) is 34.6 Å². The highest BCUT2D eigenvalue weighted by Crippen LogP contribution is 2.43. The zero-order chi connectivity index (χ0) is 24.7. The molecule has 1 unspecified atom stereocenters. The van der Waals surface area contributed by atoms with Gasteiger partial charge in [-0.25, -0.2) is 0 Å². The number of furan rings is 1. The number of carbonyl (C=O) groups is 2. The van der Waals surface area contributed by atoms with Crippen LogP contribution in [0, 0.1) is 6.92 Å². The third-order valence-corrected chi connectivity index (χ3v) is 6.17. The summed E-state index contributed by atoms with van der Waals surface area (Å²) >= 11 is 6.08. The Balaban J connectivity index is 1.62. The molecule has 0 aliphatic carbocycles. The Labute approximate surface area is 207 Å². The quantitative estimate of drug-likeness (QED) is 0.311. The SMILES string of the molecule is CCOc1ccc(N2C(=O)C(O)=C(C(=O)c3cc4cc(Cl)ccc4o3)C2c2cccc(C)c2)cc1. The minimum Gasteiger partial charge on any atom is -0.503 e. The van der Waals surface area contributed by atoms with Crippen LogP contribution < -0.4 is 9.64 Å². The largest absolute Gasteiger partial charge is 0.503 e. The van der Waals surface area contributed by atoms with Gasteiger partial charge in [-0.3, -0.25) is 14.5 Å². The predicted molar refractivity (Wildman–Crippen MR) is 134 cm³/mol. The van der Waals surface area contributed by atoms with E-state index in [0.717, 1.165) is 5.56 Å². The molecule has 7 heteroatoms. The summed E-state index contributed by atoms with van der Waals surface area (Å²) in [5, 5.41) is 12.1. The lowest BCUT2D eigenvalue weighted by Crippen LogP contribution is -2.31. The number of aliphatic hydroxyl groups excluding tert-OH is 1. The van der Waals surface area contributed by atoms with Gasteiger partial charge in [-0.2, -0.15) is 0 Å². The Kier molecular flexibility index (Phi) is 5.83. The molecule has 1 aliphatic rings. The molecule has 1 aliphatic heterocycles. The van der Waals surface area contributed by atoms with E-state index in [1.54, 1.807) is 48.5 Å². The molecule has 5 rings (SSSR count). The number of hydrogen-bond donors (Lipinski definition) is 1. The summed E-state index contributed by atoms with van der Waals surface area (Å²) in [6.45, 7) is 4.32. The summed E-state index contributed by atoms with van der Waals surface area (Å²) < 4.78 is 11.3. The number of benzene rings is 3. The summed E-state index contributed by atoms with van der Waals surface area (Å²) in [6, 6.07) is 20.2. The normalized spacial score (nSPS) is 15.8. The Morgan fingerprint density at radius 1 is 1.09 bits per heavy atom. The third kappa shape index (κ3) is 4.06. The van der Waals surface area contributed by atoms with Crippen LogP contribution in [0.25, 0.3) is 11.0 Å². The van der Waals surface area contributed by atoms with Crippen LogP contribution in [-0.2, 0) is 4.79 Å². The molecule has 0 spiro atoms. The number of rotatable bonds is 6. The standard InChI is InChI=1S/C28H22ClNO5/c1-3-34-21-10-8-20(9-11-21)30-25(17-6-4-5-16(2)13-17)24(27(32)28(30)33)26(31)23-15-18-14-19(29)7-12-22(18)35-23/h4-15,25,32H,3H2,1-2H3. The number of aliphatic hydroxyl groups is 1. The van der Waals surface area contributed by atoms with E-state index in [1.165, 1.54) is 4.90 Å². The topological polar surface area (TPSA) is 80.0 Å². The molecule has 2 heterocycles. The second kappa shape index (κ2) is 8.96. The van der Waals surface area contributed by atoms with Crippen molar-refractivity contribution in [2.45, 2.75) is 19.9 Å². The first-order valence-electron chi connectivity index (χ1n) is 11.2. The van der Waals surface area contributed by atoms with Crippen molar-refractivity contribution in [3.8, 4) is 5.75 Å². The molecule has 1 aromatic heterocycles. The number of halogens is 1. The van der Waals surface area contributed by atoms with Gasteiger partial charge in [-0.15, -0.1) is 0 Å². The number of amides is 1. The number of fused-ring (bicyclic) bond motifs is 1. The van der Waals surface area contributed by atoms with Crippen molar-refractivity contribution in [2.24, 2.45) is 0 Å². The van der Waals surface area contributed by atoms with Crippen LogP contribution >= 0.6 is 11.6 Å². The highest BCUT2D eigenvalue weighted by Gasteiger charge is 2.45. The van der Waals surface area contributed by atoms with Crippen LogP contribution in [-0.4, -0.2) is 23.4 Å². The van der Waals surface area contributed by atoms with E-state index in [4.69, 9.17) is 20.8 Å². The number of Topliss-reactive ketones (excluding diaryl/α,β-unsaturated/α-hetero) is 1. The summed E-state index contributed by atoms with van der Waals surface area (Å²) in [5.41, 5.74) is 2.62. The Hall–Kier alpha value is -4.03. The van der Waals surface area contributed by atoms with Gasteiger partial charge in [0.25, 0.3) is 5.91 Å². The number of ketones is 1. The van der Waals surface area contributed by atoms with Crippen molar-refractivity contribution in [2.75, 3.05) is 11.5 Å². The molecule has 0 saturated heterocycles. The van der Waals surface area contributed by atoms with Gasteiger partial charge in [0.15, 0.2) is 11.5 Å². The van der Waals surface area contributed by atoms with Crippen LogP contribution in [0.4, 0.5) is 5.69 Å². The monoisotopic (exact) mass is 487 g/mol. The molecule has 0 saturated carbocycles. The molecule has 0 bridgehead atoms. The molecule has 1 atom stereocenters. The first-order valence-corrected chi connectivity index (χ1v) is 11.5. The van der Waals surface area contributed by atoms with Gasteiger partial charge in [-0.1, -0.05) is 41.4 Å². The minimum atomic E-state index is -0.843. The average Bonchev–Trinajstić information content (AvgIpc) is 3.38. The van der Waals surface area contributed by atoms with Crippen molar-refractivity contribution in [3.05, 3.63) is 106 Å². The van der Waals surface area contributed by atoms with E-state index in [0.29, 0.717) is 39.6 Å². The second-order valence-electron chi connectivity index (χ2n) is 8.30. The maximum Gasteiger partial charge on any atom is 0.294 e. The number of hydrogen-bond acceptors (Lipinski definition) is 5. The lowest BCUT2D eigenvalue weighted by atomic mass is 9.94. The van der Waals surface area contributed by atoms with E-state index in [1.807, 2.05) is 38.1 Å². The van der Waals surface area contributed by atoms with E-state index in [-0.39, 0.29) is 11.3 Å². The van der Waals surface area contributed by atoms with Crippen LogP contribution in [0.15, 0.2) is 88.5 Å². The smallest absolute Gasteiger partial charge is 0.294 e. The van der Waals surface area contributed by atoms with Crippen molar-refractivity contribution in [1.82, 2.24) is 0 Å². The van der Waals surface area contributed by atoms with Gasteiger partial charge < -0.3 is 14.3 Å². The average molecular weight is 488 g/mol. The lowest BCUT2D eigenvalue weighted by Gasteiger charge is -2.27. The van der Waals surface area contributed by atoms with Gasteiger partial charge in [-0.05, 0) is 67.9 Å². The maximum atomic E-state index is 13.7. The highest BCUT2D eigenvalue weighted by molar-refractivity contribution is 6.31. The van der Waals surface area contributed by atoms with Gasteiger partial charge in [0.2, 0.25) is 5.78 Å². The highest BCUT2D eigenvalue weighted by atomic mass is 35.5. The molecule has 3 aromatic carbocycles. The zero-order valence-electron chi connectivity index (χ0n) is 19.1. The van der Waals surface area contributed by atoms with Crippen LogP contribution in [0.5, 0.6) is 5.75 Å². The Bertz CT molecular complexity index is 1490. The first kappa shape index (κ1) is 22.7. The summed E-state index contributed by atoms with van der Waals surface area (Å²) in [4.78, 5) is 28.5. The first-order chi connectivity index (χ1) is 16.9. The molecular formula is C28H22ClNO5. The number of carbonyl (C=O) groups excluding carboxylic acids is 2. The number of aryl methyl sites for hydroxylation is 1. The van der Waals surface area contributed by atoms with Crippen molar-refractivity contribution >= 4 is 39.9 Å². The van der Waals surface area contributed by atoms with E-state index in [2.05, 4.69) is 0 Å². The van der Waals surface area contributed by atoms with E-state index >= 15 is 0 Å². The fourth-order valence-corrected chi connectivity index (χ4v) is 4.57. The van der Waals surface area contributed by atoms with Crippen LogP contribution in [0.3, 0.4) is 0 Å². The molecule has 1 amide bonds. The Morgan fingerprint density at radius 2 is 1.86 bits per heavy atom. The van der Waals surface area contributed by atoms with Gasteiger partial charge in [0.1, 0.15) is 11.3 Å². The summed E-state index contributed by atoms with van der Waals surface area (Å²) in [7, 11) is 0. The zero-order valence-corrected chi connectivity index (χ0v) is 19.9. The molecule has 6 nitrogen and oxygen atoms in total. The lowest BCUT2D eigenvalue weighted by molar-refractivity contribution is -0.117. The maximum absolute atomic E-state index is 13.7. The number of anilines is 1. The van der Waals surface area contributed by atoms with E-state index in [9.17, 15) is 14.7 Å². The molecule has 0 radical (unpaired) electrons. The predicted octanol–water partition coefficient (Wildman–Crippen LogP) is 6.58. The number of ether oxygens (including phenoxy) is 1. The second-order valence-corrected chi connectivity index (χ2v) is 8.74. The molecule has 1 N–H and O–H groups in total. The fourth-order valence-electron chi connectivity index (χ4n) is 4.39. The van der Waals surface area contributed by atoms with Gasteiger partial charge in [0.05, 0.1) is 18.2 Å². The molecule has 4 aromatic rings. The van der Waals surface area contributed by atoms with Crippen molar-refractivity contribution in [1.29, 1.82) is 0 Å². The fraction of sp³-hybridized carbons (Fsp3) is 0.143. The Morgan fingerprint density at radius 3 is 2.57 bits per heavy atom. The van der Waals surface area contributed by atoms with E-state index < -0.39 is 23.5 Å². The summed E-state index contributed by atoms with van der Waals surface area (Å²) in [6.07, 6.45) is 0. The summed E-state index contributed by atoms with van der Waals surface area (Å²) in [5.74, 6) is -1.16. The van der Waals surface area contributed by atoms with Crippen LogP contribution in [0.2, 0.25) is 5.02 Å². The molecular weight excluding hydrogens is 466 g/mol.